The van der Waals surface area contributed by atoms with Gasteiger partial charge in [-0.05, 0) is 37.5 Å². The third-order valence-corrected chi connectivity index (χ3v) is 5.09. The highest BCUT2D eigenvalue weighted by molar-refractivity contribution is 7.92. The second-order valence-electron chi connectivity index (χ2n) is 4.89. The molecule has 1 heterocycles. The maximum absolute atomic E-state index is 12.2. The molecule has 0 atom stereocenters. The van der Waals surface area contributed by atoms with Gasteiger partial charge in [0.25, 0.3) is 0 Å². The van der Waals surface area contributed by atoms with Gasteiger partial charge >= 0.3 is 0 Å². The van der Waals surface area contributed by atoms with Gasteiger partial charge in [0.05, 0.1) is 18.0 Å². The summed E-state index contributed by atoms with van der Waals surface area (Å²) in [5.74, 6) is 6.02. The Morgan fingerprint density at radius 3 is 2.85 bits per heavy atom. The van der Waals surface area contributed by atoms with Crippen LogP contribution in [0.1, 0.15) is 30.4 Å². The van der Waals surface area contributed by atoms with E-state index in [9.17, 15) is 8.42 Å². The van der Waals surface area contributed by atoms with E-state index in [0.717, 1.165) is 18.4 Å². The molecule has 20 heavy (non-hydrogen) atoms. The molecule has 0 unspecified atom stereocenters. The molecule has 0 spiro atoms. The van der Waals surface area contributed by atoms with E-state index in [1.54, 1.807) is 0 Å². The smallest absolute Gasteiger partial charge is 0.235 e. The molecule has 1 aromatic rings. The topological polar surface area (TPSA) is 57.6 Å². The number of hydrogen-bond donors (Lipinski definition) is 1. The maximum Gasteiger partial charge on any atom is 0.235 e. The molecular weight excluding hydrogens is 274 g/mol. The summed E-state index contributed by atoms with van der Waals surface area (Å²) >= 11 is 0. The van der Waals surface area contributed by atoms with E-state index in [2.05, 4.69) is 11.8 Å². The molecule has 1 aliphatic rings. The van der Waals surface area contributed by atoms with Crippen LogP contribution in [0.2, 0.25) is 0 Å². The van der Waals surface area contributed by atoms with Crippen LogP contribution < -0.4 is 4.31 Å². The molecule has 1 saturated heterocycles. The second-order valence-corrected chi connectivity index (χ2v) is 6.90. The van der Waals surface area contributed by atoms with E-state index in [1.165, 1.54) is 4.31 Å². The van der Waals surface area contributed by atoms with Gasteiger partial charge < -0.3 is 5.11 Å². The minimum atomic E-state index is -3.23. The Bertz CT molecular complexity index is 641. The van der Waals surface area contributed by atoms with Crippen molar-refractivity contribution in [3.63, 3.8) is 0 Å². The van der Waals surface area contributed by atoms with Crippen molar-refractivity contribution in [1.82, 2.24) is 0 Å². The van der Waals surface area contributed by atoms with Crippen LogP contribution in [-0.2, 0) is 10.0 Å². The first kappa shape index (κ1) is 14.9. The van der Waals surface area contributed by atoms with E-state index in [0.29, 0.717) is 24.2 Å². The van der Waals surface area contributed by atoms with Gasteiger partial charge in [0.1, 0.15) is 0 Å². The molecule has 1 N–H and O–H groups in total. The number of aliphatic hydroxyl groups excluding tert-OH is 1. The molecule has 2 rings (SSSR count). The Hall–Kier alpha value is -1.51. The lowest BCUT2D eigenvalue weighted by Crippen LogP contribution is -2.38. The van der Waals surface area contributed by atoms with Gasteiger partial charge in [-0.25, -0.2) is 8.42 Å². The van der Waals surface area contributed by atoms with Crippen molar-refractivity contribution >= 4 is 15.7 Å². The molecule has 1 aliphatic heterocycles. The lowest BCUT2D eigenvalue weighted by molar-refractivity contribution is 0.305. The van der Waals surface area contributed by atoms with Gasteiger partial charge in [-0.15, -0.1) is 0 Å². The van der Waals surface area contributed by atoms with Crippen molar-refractivity contribution in [3.8, 4) is 11.8 Å². The van der Waals surface area contributed by atoms with Crippen LogP contribution in [0.5, 0.6) is 0 Å². The van der Waals surface area contributed by atoms with Crippen molar-refractivity contribution in [2.24, 2.45) is 0 Å². The zero-order valence-electron chi connectivity index (χ0n) is 11.6. The first-order valence-electron chi connectivity index (χ1n) is 6.75. The van der Waals surface area contributed by atoms with E-state index >= 15 is 0 Å². The van der Waals surface area contributed by atoms with E-state index in [4.69, 9.17) is 5.11 Å². The summed E-state index contributed by atoms with van der Waals surface area (Å²) in [4.78, 5) is 0. The summed E-state index contributed by atoms with van der Waals surface area (Å²) in [7, 11) is -3.23. The molecule has 0 saturated carbocycles. The highest BCUT2D eigenvalue weighted by atomic mass is 32.2. The van der Waals surface area contributed by atoms with Gasteiger partial charge in [-0.2, -0.15) is 0 Å². The molecule has 0 radical (unpaired) electrons. The highest BCUT2D eigenvalue weighted by Gasteiger charge is 2.27. The third-order valence-electron chi connectivity index (χ3n) is 3.23. The Labute approximate surface area is 120 Å². The fourth-order valence-corrected chi connectivity index (χ4v) is 3.87. The standard InChI is InChI=1S/C15H19NO3S/c1-13-7-8-14(6-2-4-10-17)15(12-13)16-9-3-5-11-20(16,18)19/h7-8,12,17H,3-5,9-11H2,1H3. The number of hydrogen-bond acceptors (Lipinski definition) is 3. The lowest BCUT2D eigenvalue weighted by atomic mass is 10.1. The zero-order chi connectivity index (χ0) is 14.6. The van der Waals surface area contributed by atoms with Crippen LogP contribution in [-0.4, -0.2) is 32.4 Å². The first-order chi connectivity index (χ1) is 9.54. The van der Waals surface area contributed by atoms with Crippen LogP contribution in [0.25, 0.3) is 0 Å². The zero-order valence-corrected chi connectivity index (χ0v) is 12.4. The predicted octanol–water partition coefficient (Wildman–Crippen LogP) is 1.66. The van der Waals surface area contributed by atoms with E-state index in [-0.39, 0.29) is 12.4 Å². The van der Waals surface area contributed by atoms with Crippen molar-refractivity contribution < 1.29 is 13.5 Å². The molecule has 108 valence electrons. The number of sulfonamides is 1. The summed E-state index contributed by atoms with van der Waals surface area (Å²) in [5, 5.41) is 8.78. The molecule has 4 nitrogen and oxygen atoms in total. The SMILES string of the molecule is Cc1ccc(C#CCCO)c(N2CCCCS2(=O)=O)c1. The number of rotatable bonds is 2. The first-order valence-corrected chi connectivity index (χ1v) is 8.36. The second kappa shape index (κ2) is 6.29. The Kier molecular flexibility index (Phi) is 4.69. The third kappa shape index (κ3) is 3.33. The van der Waals surface area contributed by atoms with Gasteiger partial charge in [0.2, 0.25) is 10.0 Å². The van der Waals surface area contributed by atoms with Crippen molar-refractivity contribution in [2.45, 2.75) is 26.2 Å². The number of aliphatic hydroxyl groups is 1. The molecule has 0 aliphatic carbocycles. The number of aryl methyl sites for hydroxylation is 1. The number of anilines is 1. The van der Waals surface area contributed by atoms with Gasteiger partial charge in [-0.3, -0.25) is 4.31 Å². The van der Waals surface area contributed by atoms with Gasteiger partial charge in [0, 0.05) is 18.5 Å². The highest BCUT2D eigenvalue weighted by Crippen LogP contribution is 2.27. The summed E-state index contributed by atoms with van der Waals surface area (Å²) < 4.78 is 25.9. The quantitative estimate of drug-likeness (QED) is 0.844. The maximum atomic E-state index is 12.2. The largest absolute Gasteiger partial charge is 0.395 e. The van der Waals surface area contributed by atoms with Crippen LogP contribution in [0.15, 0.2) is 18.2 Å². The van der Waals surface area contributed by atoms with Gasteiger partial charge in [0.15, 0.2) is 0 Å². The molecule has 0 bridgehead atoms. The van der Waals surface area contributed by atoms with Gasteiger partial charge in [-0.1, -0.05) is 17.9 Å². The van der Waals surface area contributed by atoms with Crippen LogP contribution in [0.3, 0.4) is 0 Å². The van der Waals surface area contributed by atoms with E-state index in [1.807, 2.05) is 25.1 Å². The van der Waals surface area contributed by atoms with Crippen molar-refractivity contribution in [1.29, 1.82) is 0 Å². The summed E-state index contributed by atoms with van der Waals surface area (Å²) in [6, 6.07) is 5.63. The fraction of sp³-hybridized carbons (Fsp3) is 0.467. The minimum Gasteiger partial charge on any atom is -0.395 e. The lowest BCUT2D eigenvalue weighted by Gasteiger charge is -2.29. The molecule has 1 fully saturated rings. The summed E-state index contributed by atoms with van der Waals surface area (Å²) in [5.41, 5.74) is 2.37. The molecule has 0 amide bonds. The molecule has 5 heteroatoms. The van der Waals surface area contributed by atoms with Crippen LogP contribution >= 0.6 is 0 Å². The predicted molar refractivity (Wildman–Crippen MR) is 80.1 cm³/mol. The molecular formula is C15H19NO3S. The monoisotopic (exact) mass is 293 g/mol. The Morgan fingerprint density at radius 2 is 2.15 bits per heavy atom. The Balaban J connectivity index is 2.44. The minimum absolute atomic E-state index is 0.0101. The van der Waals surface area contributed by atoms with Crippen LogP contribution in [0.4, 0.5) is 5.69 Å². The molecule has 1 aromatic carbocycles. The summed E-state index contributed by atoms with van der Waals surface area (Å²) in [6.45, 7) is 2.46. The number of benzene rings is 1. The van der Waals surface area contributed by atoms with Crippen molar-refractivity contribution in [3.05, 3.63) is 29.3 Å². The fourth-order valence-electron chi connectivity index (χ4n) is 2.23. The summed E-state index contributed by atoms with van der Waals surface area (Å²) in [6.07, 6.45) is 1.98. The van der Waals surface area contributed by atoms with E-state index < -0.39 is 10.0 Å². The van der Waals surface area contributed by atoms with Crippen LogP contribution in [0, 0.1) is 18.8 Å². The normalized spacial score (nSPS) is 17.4. The average Bonchev–Trinajstić information content (AvgIpc) is 2.40. The number of nitrogens with zero attached hydrogens (tertiary/aromatic N) is 1. The average molecular weight is 293 g/mol. The molecule has 0 aromatic heterocycles. The Morgan fingerprint density at radius 1 is 1.35 bits per heavy atom. The van der Waals surface area contributed by atoms with Crippen molar-refractivity contribution in [2.75, 3.05) is 23.2 Å².